The third-order valence-corrected chi connectivity index (χ3v) is 5.08. The molecule has 112 valence electrons. The van der Waals surface area contributed by atoms with Crippen LogP contribution in [0.25, 0.3) is 0 Å². The number of hydrogen-bond acceptors (Lipinski definition) is 3. The van der Waals surface area contributed by atoms with E-state index in [2.05, 4.69) is 31.0 Å². The minimum atomic E-state index is 0.135. The monoisotopic (exact) mass is 268 g/mol. The topological polar surface area (TPSA) is 35.5 Å². The van der Waals surface area contributed by atoms with E-state index in [1.54, 1.807) is 0 Å². The van der Waals surface area contributed by atoms with Crippen molar-refractivity contribution in [2.24, 2.45) is 11.3 Å². The number of nitrogens with zero attached hydrogens (tertiary/aromatic N) is 1. The van der Waals surface area contributed by atoms with Crippen LogP contribution in [0.5, 0.6) is 0 Å². The van der Waals surface area contributed by atoms with Gasteiger partial charge in [0.25, 0.3) is 0 Å². The first-order valence-electron chi connectivity index (χ1n) is 8.10. The van der Waals surface area contributed by atoms with Gasteiger partial charge in [0.1, 0.15) is 0 Å². The lowest BCUT2D eigenvalue weighted by atomic mass is 9.82. The van der Waals surface area contributed by atoms with Gasteiger partial charge in [-0.05, 0) is 56.7 Å². The predicted molar refractivity (Wildman–Crippen MR) is 80.3 cm³/mol. The van der Waals surface area contributed by atoms with Gasteiger partial charge in [-0.1, -0.05) is 27.2 Å². The first-order valence-corrected chi connectivity index (χ1v) is 8.10. The Hall–Kier alpha value is -0.120. The van der Waals surface area contributed by atoms with Crippen molar-refractivity contribution in [3.05, 3.63) is 0 Å². The second-order valence-electron chi connectivity index (χ2n) is 7.51. The van der Waals surface area contributed by atoms with Gasteiger partial charge in [-0.3, -0.25) is 0 Å². The minimum Gasteiger partial charge on any atom is -0.395 e. The summed E-state index contributed by atoms with van der Waals surface area (Å²) in [5, 5.41) is 13.2. The van der Waals surface area contributed by atoms with Crippen LogP contribution in [0.4, 0.5) is 0 Å². The zero-order chi connectivity index (χ0) is 13.9. The first-order chi connectivity index (χ1) is 9.02. The molecule has 3 atom stereocenters. The molecule has 3 heteroatoms. The summed E-state index contributed by atoms with van der Waals surface area (Å²) in [4.78, 5) is 2.71. The van der Waals surface area contributed by atoms with E-state index >= 15 is 0 Å². The summed E-state index contributed by atoms with van der Waals surface area (Å²) in [6.45, 7) is 10.5. The smallest absolute Gasteiger partial charge is 0.0589 e. The number of rotatable bonds is 4. The van der Waals surface area contributed by atoms with Crippen LogP contribution in [0.1, 0.15) is 52.9 Å². The van der Waals surface area contributed by atoms with Crippen molar-refractivity contribution in [3.8, 4) is 0 Å². The normalized spacial score (nSPS) is 30.9. The maximum Gasteiger partial charge on any atom is 0.0589 e. The number of hydrogen-bond donors (Lipinski definition) is 2. The van der Waals surface area contributed by atoms with Gasteiger partial charge in [0.05, 0.1) is 6.61 Å². The molecular weight excluding hydrogens is 236 g/mol. The molecule has 0 spiro atoms. The maximum absolute atomic E-state index is 9.55. The van der Waals surface area contributed by atoms with Gasteiger partial charge in [0.15, 0.2) is 0 Å². The highest BCUT2D eigenvalue weighted by Crippen LogP contribution is 2.31. The lowest BCUT2D eigenvalue weighted by Crippen LogP contribution is -2.53. The molecule has 0 aromatic heterocycles. The van der Waals surface area contributed by atoms with Crippen molar-refractivity contribution in [2.75, 3.05) is 26.2 Å². The zero-order valence-electron chi connectivity index (χ0n) is 13.0. The van der Waals surface area contributed by atoms with Crippen LogP contribution in [0, 0.1) is 11.3 Å². The van der Waals surface area contributed by atoms with Crippen molar-refractivity contribution < 1.29 is 5.11 Å². The molecule has 0 aliphatic carbocycles. The zero-order valence-corrected chi connectivity index (χ0v) is 13.0. The molecule has 0 bridgehead atoms. The molecule has 2 aliphatic heterocycles. The average molecular weight is 268 g/mol. The Morgan fingerprint density at radius 1 is 1.16 bits per heavy atom. The standard InChI is InChI=1S/C16H32N2O/c1-16(2,3)15(12-19)17-11-13-7-6-10-18-9-5-4-8-14(13)18/h13-15,17,19H,4-12H2,1-3H3/t13-,14+,15+/m0/s1. The van der Waals surface area contributed by atoms with Crippen LogP contribution in [0.3, 0.4) is 0 Å². The number of nitrogens with one attached hydrogen (secondary N) is 1. The third-order valence-electron chi connectivity index (χ3n) is 5.08. The van der Waals surface area contributed by atoms with Crippen molar-refractivity contribution in [1.29, 1.82) is 0 Å². The third kappa shape index (κ3) is 3.93. The number of fused-ring (bicyclic) bond motifs is 1. The van der Waals surface area contributed by atoms with Crippen LogP contribution < -0.4 is 5.32 Å². The second kappa shape index (κ2) is 6.55. The van der Waals surface area contributed by atoms with Crippen molar-refractivity contribution >= 4 is 0 Å². The van der Waals surface area contributed by atoms with Crippen molar-refractivity contribution in [1.82, 2.24) is 10.2 Å². The van der Waals surface area contributed by atoms with E-state index in [1.807, 2.05) is 0 Å². The van der Waals surface area contributed by atoms with E-state index in [0.29, 0.717) is 0 Å². The van der Waals surface area contributed by atoms with E-state index in [1.165, 1.54) is 45.2 Å². The van der Waals surface area contributed by atoms with Gasteiger partial charge in [-0.25, -0.2) is 0 Å². The summed E-state index contributed by atoms with van der Waals surface area (Å²) < 4.78 is 0. The molecule has 0 radical (unpaired) electrons. The highest BCUT2D eigenvalue weighted by atomic mass is 16.3. The van der Waals surface area contributed by atoms with Gasteiger partial charge in [-0.15, -0.1) is 0 Å². The van der Waals surface area contributed by atoms with E-state index in [9.17, 15) is 5.11 Å². The van der Waals surface area contributed by atoms with E-state index in [-0.39, 0.29) is 18.1 Å². The predicted octanol–water partition coefficient (Wildman–Crippen LogP) is 2.25. The van der Waals surface area contributed by atoms with Crippen LogP contribution in [0.15, 0.2) is 0 Å². The second-order valence-corrected chi connectivity index (χ2v) is 7.51. The highest BCUT2D eigenvalue weighted by Gasteiger charge is 2.33. The number of piperidine rings is 2. The molecule has 2 heterocycles. The molecule has 3 nitrogen and oxygen atoms in total. The molecule has 2 N–H and O–H groups in total. The summed E-state index contributed by atoms with van der Waals surface area (Å²) in [7, 11) is 0. The van der Waals surface area contributed by atoms with Gasteiger partial charge in [0.2, 0.25) is 0 Å². The largest absolute Gasteiger partial charge is 0.395 e. The molecule has 0 amide bonds. The summed E-state index contributed by atoms with van der Waals surface area (Å²) in [5.74, 6) is 0.783. The van der Waals surface area contributed by atoms with Crippen LogP contribution in [0.2, 0.25) is 0 Å². The summed E-state index contributed by atoms with van der Waals surface area (Å²) >= 11 is 0. The van der Waals surface area contributed by atoms with Gasteiger partial charge in [0, 0.05) is 12.1 Å². The van der Waals surface area contributed by atoms with Crippen molar-refractivity contribution in [3.63, 3.8) is 0 Å². The van der Waals surface area contributed by atoms with Crippen LogP contribution >= 0.6 is 0 Å². The Balaban J connectivity index is 1.87. The Bertz CT molecular complexity index is 272. The van der Waals surface area contributed by atoms with E-state index in [4.69, 9.17) is 0 Å². The molecule has 2 aliphatic rings. The first kappa shape index (κ1) is 15.3. The van der Waals surface area contributed by atoms with Crippen LogP contribution in [-0.2, 0) is 0 Å². The molecule has 2 saturated heterocycles. The number of aliphatic hydroxyl groups is 1. The SMILES string of the molecule is CC(C)(C)[C@@H](CO)NC[C@@H]1CCCN2CCCC[C@H]12. The minimum absolute atomic E-state index is 0.135. The fourth-order valence-electron chi connectivity index (χ4n) is 3.75. The molecule has 2 rings (SSSR count). The fourth-order valence-corrected chi connectivity index (χ4v) is 3.75. The van der Waals surface area contributed by atoms with Gasteiger partial charge >= 0.3 is 0 Å². The molecule has 0 unspecified atom stereocenters. The summed E-state index contributed by atoms with van der Waals surface area (Å²) in [6, 6.07) is 1.01. The fraction of sp³-hybridized carbons (Fsp3) is 1.00. The average Bonchev–Trinajstić information content (AvgIpc) is 2.38. The van der Waals surface area contributed by atoms with E-state index < -0.39 is 0 Å². The van der Waals surface area contributed by atoms with E-state index in [0.717, 1.165) is 18.5 Å². The summed E-state index contributed by atoms with van der Waals surface area (Å²) in [6.07, 6.45) is 6.88. The molecule has 2 fully saturated rings. The van der Waals surface area contributed by atoms with Gasteiger partial charge in [-0.2, -0.15) is 0 Å². The quantitative estimate of drug-likeness (QED) is 0.821. The Morgan fingerprint density at radius 3 is 2.58 bits per heavy atom. The van der Waals surface area contributed by atoms with Crippen LogP contribution in [-0.4, -0.2) is 48.3 Å². The lowest BCUT2D eigenvalue weighted by Gasteiger charge is -2.45. The molecule has 0 aromatic carbocycles. The van der Waals surface area contributed by atoms with Gasteiger partial charge < -0.3 is 15.3 Å². The Labute approximate surface area is 118 Å². The number of aliphatic hydroxyl groups excluding tert-OH is 1. The molecule has 0 aromatic rings. The summed E-state index contributed by atoms with van der Waals surface area (Å²) in [5.41, 5.74) is 0.135. The molecule has 19 heavy (non-hydrogen) atoms. The lowest BCUT2D eigenvalue weighted by molar-refractivity contribution is 0.0528. The molecule has 0 saturated carbocycles. The van der Waals surface area contributed by atoms with Crippen molar-refractivity contribution in [2.45, 2.75) is 65.0 Å². The highest BCUT2D eigenvalue weighted by molar-refractivity contribution is 4.89. The maximum atomic E-state index is 9.55. The Morgan fingerprint density at radius 2 is 1.89 bits per heavy atom. The molecular formula is C16H32N2O. The Kier molecular flexibility index (Phi) is 5.27.